The Balaban J connectivity index is 1.17. The Hall–Kier alpha value is -7.10. The molecule has 0 radical (unpaired) electrons. The van der Waals surface area contributed by atoms with E-state index in [1.54, 1.807) is 0 Å². The standard InChI is InChI=1S/C50H32N2O/c1-3-11-33(12-4-1)35-21-26-39(27-22-35)45-32-44(38-14-5-2-6-15-38)51-50(52-45)49-42(29-30-47-48(49)43-17-9-10-18-46(43)53-47)37-24-19-36(20-25-37)41-28-23-34-13-7-8-16-40(34)31-41/h1-32H. The fourth-order valence-corrected chi connectivity index (χ4v) is 7.43. The summed E-state index contributed by atoms with van der Waals surface area (Å²) in [6.07, 6.45) is 0. The Morgan fingerprint density at radius 3 is 1.60 bits per heavy atom. The van der Waals surface area contributed by atoms with Crippen LogP contribution >= 0.6 is 0 Å². The van der Waals surface area contributed by atoms with E-state index in [1.807, 2.05) is 24.3 Å². The number of fused-ring (bicyclic) bond motifs is 4. The zero-order valence-electron chi connectivity index (χ0n) is 28.8. The lowest BCUT2D eigenvalue weighted by Gasteiger charge is -2.15. The van der Waals surface area contributed by atoms with Crippen molar-refractivity contribution in [2.24, 2.45) is 0 Å². The maximum atomic E-state index is 6.45. The highest BCUT2D eigenvalue weighted by Gasteiger charge is 2.21. The van der Waals surface area contributed by atoms with E-state index in [2.05, 4.69) is 170 Å². The summed E-state index contributed by atoms with van der Waals surface area (Å²) in [5.41, 5.74) is 13.2. The maximum absolute atomic E-state index is 6.45. The van der Waals surface area contributed by atoms with Gasteiger partial charge in [0.2, 0.25) is 0 Å². The molecule has 2 aromatic heterocycles. The highest BCUT2D eigenvalue weighted by Crippen LogP contribution is 2.43. The van der Waals surface area contributed by atoms with Crippen LogP contribution in [0.5, 0.6) is 0 Å². The van der Waals surface area contributed by atoms with Gasteiger partial charge in [0.15, 0.2) is 5.82 Å². The first-order valence-corrected chi connectivity index (χ1v) is 17.9. The number of hydrogen-bond acceptors (Lipinski definition) is 3. The Kier molecular flexibility index (Phi) is 7.47. The second-order valence-corrected chi connectivity index (χ2v) is 13.4. The average Bonchev–Trinajstić information content (AvgIpc) is 3.63. The predicted molar refractivity (Wildman–Crippen MR) is 219 cm³/mol. The summed E-state index contributed by atoms with van der Waals surface area (Å²) in [5, 5.41) is 4.51. The van der Waals surface area contributed by atoms with Gasteiger partial charge in [0.25, 0.3) is 0 Å². The number of nitrogens with zero attached hydrogens (tertiary/aromatic N) is 2. The van der Waals surface area contributed by atoms with Crippen molar-refractivity contribution in [3.8, 4) is 67.3 Å². The minimum atomic E-state index is 0.652. The molecule has 0 aliphatic rings. The van der Waals surface area contributed by atoms with Crippen LogP contribution in [0.2, 0.25) is 0 Å². The van der Waals surface area contributed by atoms with E-state index < -0.39 is 0 Å². The molecule has 2 heterocycles. The van der Waals surface area contributed by atoms with Crippen LogP contribution in [0.15, 0.2) is 199 Å². The second-order valence-electron chi connectivity index (χ2n) is 13.4. The van der Waals surface area contributed by atoms with E-state index in [0.717, 1.165) is 66.7 Å². The predicted octanol–water partition coefficient (Wildman–Crippen LogP) is 13.5. The van der Waals surface area contributed by atoms with Crippen molar-refractivity contribution in [3.05, 3.63) is 194 Å². The lowest BCUT2D eigenvalue weighted by molar-refractivity contribution is 0.669. The molecule has 0 unspecified atom stereocenters. The van der Waals surface area contributed by atoms with Gasteiger partial charge in [0.05, 0.1) is 11.4 Å². The molecule has 10 aromatic rings. The number of aromatic nitrogens is 2. The molecule has 8 aromatic carbocycles. The first-order valence-electron chi connectivity index (χ1n) is 17.9. The monoisotopic (exact) mass is 676 g/mol. The third-order valence-corrected chi connectivity index (χ3v) is 10.1. The normalized spacial score (nSPS) is 11.4. The van der Waals surface area contributed by atoms with Crippen molar-refractivity contribution in [2.45, 2.75) is 0 Å². The van der Waals surface area contributed by atoms with Gasteiger partial charge in [0.1, 0.15) is 11.2 Å². The third-order valence-electron chi connectivity index (χ3n) is 10.1. The third kappa shape index (κ3) is 5.65. The largest absolute Gasteiger partial charge is 0.456 e. The minimum Gasteiger partial charge on any atom is -0.456 e. The Morgan fingerprint density at radius 1 is 0.340 bits per heavy atom. The highest BCUT2D eigenvalue weighted by atomic mass is 16.3. The number of para-hydroxylation sites is 1. The van der Waals surface area contributed by atoms with E-state index in [9.17, 15) is 0 Å². The molecule has 0 atom stereocenters. The number of furan rings is 1. The smallest absolute Gasteiger partial charge is 0.161 e. The van der Waals surface area contributed by atoms with Gasteiger partial charge in [0, 0.05) is 27.5 Å². The van der Waals surface area contributed by atoms with Crippen molar-refractivity contribution in [1.29, 1.82) is 0 Å². The maximum Gasteiger partial charge on any atom is 0.161 e. The van der Waals surface area contributed by atoms with Gasteiger partial charge >= 0.3 is 0 Å². The van der Waals surface area contributed by atoms with Crippen molar-refractivity contribution in [2.75, 3.05) is 0 Å². The molecule has 0 aliphatic carbocycles. The van der Waals surface area contributed by atoms with Crippen LogP contribution in [0, 0.1) is 0 Å². The van der Waals surface area contributed by atoms with Crippen LogP contribution in [-0.4, -0.2) is 9.97 Å². The summed E-state index contributed by atoms with van der Waals surface area (Å²) >= 11 is 0. The molecule has 0 saturated carbocycles. The van der Waals surface area contributed by atoms with E-state index in [-0.39, 0.29) is 0 Å². The van der Waals surface area contributed by atoms with Gasteiger partial charge in [-0.3, -0.25) is 0 Å². The fraction of sp³-hybridized carbons (Fsp3) is 0. The van der Waals surface area contributed by atoms with E-state index in [0.29, 0.717) is 5.82 Å². The Morgan fingerprint density at radius 2 is 0.868 bits per heavy atom. The van der Waals surface area contributed by atoms with Crippen LogP contribution in [0.3, 0.4) is 0 Å². The molecular formula is C50H32N2O. The van der Waals surface area contributed by atoms with Gasteiger partial charge < -0.3 is 4.42 Å². The Labute approximate surface area is 307 Å². The summed E-state index contributed by atoms with van der Waals surface area (Å²) < 4.78 is 6.45. The summed E-state index contributed by atoms with van der Waals surface area (Å²) in [5.74, 6) is 0.652. The SMILES string of the molecule is c1ccc(-c2ccc(-c3cc(-c4ccccc4)nc(-c4c(-c5ccc(-c6ccc7ccccc7c6)cc5)ccc5oc6ccccc6c45)n3)cc2)cc1. The number of hydrogen-bond donors (Lipinski definition) is 0. The minimum absolute atomic E-state index is 0.652. The lowest BCUT2D eigenvalue weighted by Crippen LogP contribution is -1.98. The van der Waals surface area contributed by atoms with Gasteiger partial charge in [-0.25, -0.2) is 9.97 Å². The van der Waals surface area contributed by atoms with E-state index in [4.69, 9.17) is 14.4 Å². The second kappa shape index (κ2) is 12.9. The van der Waals surface area contributed by atoms with Gasteiger partial charge in [-0.2, -0.15) is 0 Å². The van der Waals surface area contributed by atoms with Crippen LogP contribution in [-0.2, 0) is 0 Å². The summed E-state index contributed by atoms with van der Waals surface area (Å²) in [6, 6.07) is 68.0. The Bertz CT molecular complexity index is 2910. The van der Waals surface area contributed by atoms with E-state index in [1.165, 1.54) is 27.5 Å². The van der Waals surface area contributed by atoms with Gasteiger partial charge in [-0.1, -0.05) is 164 Å². The molecule has 0 bridgehead atoms. The first kappa shape index (κ1) is 30.7. The van der Waals surface area contributed by atoms with Crippen LogP contribution in [0.25, 0.3) is 100.0 Å². The molecule has 0 saturated heterocycles. The number of rotatable bonds is 6. The summed E-state index contributed by atoms with van der Waals surface area (Å²) in [7, 11) is 0. The first-order chi connectivity index (χ1) is 26.2. The quantitative estimate of drug-likeness (QED) is 0.176. The summed E-state index contributed by atoms with van der Waals surface area (Å²) in [6.45, 7) is 0. The van der Waals surface area contributed by atoms with E-state index >= 15 is 0 Å². The molecule has 248 valence electrons. The fourth-order valence-electron chi connectivity index (χ4n) is 7.43. The van der Waals surface area contributed by atoms with Crippen LogP contribution in [0.1, 0.15) is 0 Å². The number of benzene rings is 8. The van der Waals surface area contributed by atoms with Crippen molar-refractivity contribution in [3.63, 3.8) is 0 Å². The highest BCUT2D eigenvalue weighted by molar-refractivity contribution is 6.15. The molecule has 0 fully saturated rings. The molecule has 3 nitrogen and oxygen atoms in total. The van der Waals surface area contributed by atoms with Crippen molar-refractivity contribution in [1.82, 2.24) is 9.97 Å². The molecule has 0 N–H and O–H groups in total. The topological polar surface area (TPSA) is 38.9 Å². The molecule has 3 heteroatoms. The average molecular weight is 677 g/mol. The summed E-state index contributed by atoms with van der Waals surface area (Å²) in [4.78, 5) is 10.7. The molecule has 0 aliphatic heterocycles. The lowest BCUT2D eigenvalue weighted by atomic mass is 9.92. The van der Waals surface area contributed by atoms with Gasteiger partial charge in [-0.15, -0.1) is 0 Å². The molecule has 53 heavy (non-hydrogen) atoms. The zero-order chi connectivity index (χ0) is 35.1. The zero-order valence-corrected chi connectivity index (χ0v) is 28.8. The molecular weight excluding hydrogens is 645 g/mol. The van der Waals surface area contributed by atoms with Crippen LogP contribution in [0.4, 0.5) is 0 Å². The molecule has 0 spiro atoms. The van der Waals surface area contributed by atoms with Crippen LogP contribution < -0.4 is 0 Å². The van der Waals surface area contributed by atoms with Crippen molar-refractivity contribution >= 4 is 32.7 Å². The molecule has 10 rings (SSSR count). The van der Waals surface area contributed by atoms with Crippen molar-refractivity contribution < 1.29 is 4.42 Å². The molecule has 0 amide bonds. The van der Waals surface area contributed by atoms with Gasteiger partial charge in [-0.05, 0) is 74.5 Å².